The van der Waals surface area contributed by atoms with Crippen molar-refractivity contribution in [1.82, 2.24) is 14.8 Å². The van der Waals surface area contributed by atoms with Gasteiger partial charge in [0.15, 0.2) is 0 Å². The number of amides is 3. The predicted molar refractivity (Wildman–Crippen MR) is 119 cm³/mol. The topological polar surface area (TPSA) is 83.4 Å². The Bertz CT molecular complexity index is 1170. The maximum Gasteiger partial charge on any atom is 0.268 e. The number of anilines is 1. The van der Waals surface area contributed by atoms with Crippen LogP contribution in [0.2, 0.25) is 0 Å². The molecule has 2 unspecified atom stereocenters. The van der Waals surface area contributed by atoms with E-state index in [2.05, 4.69) is 10.6 Å². The summed E-state index contributed by atoms with van der Waals surface area (Å²) in [6.45, 7) is 0.414. The summed E-state index contributed by atoms with van der Waals surface area (Å²) in [5.41, 5.74) is 3.61. The van der Waals surface area contributed by atoms with Crippen LogP contribution in [0.3, 0.4) is 0 Å². The van der Waals surface area contributed by atoms with E-state index in [4.69, 9.17) is 0 Å². The molecule has 0 bridgehead atoms. The quantitative estimate of drug-likeness (QED) is 0.665. The Morgan fingerprint density at radius 3 is 2.81 bits per heavy atom. The van der Waals surface area contributed by atoms with E-state index in [0.717, 1.165) is 11.1 Å². The number of piperidine rings is 1. The minimum Gasteiger partial charge on any atom is -0.348 e. The molecule has 2 aliphatic heterocycles. The zero-order valence-electron chi connectivity index (χ0n) is 17.0. The number of hydrogen-bond acceptors (Lipinski definition) is 4. The van der Waals surface area contributed by atoms with E-state index in [1.165, 1.54) is 0 Å². The monoisotopic (exact) mass is 434 g/mol. The van der Waals surface area contributed by atoms with Crippen molar-refractivity contribution in [2.24, 2.45) is 7.05 Å². The zero-order valence-corrected chi connectivity index (χ0v) is 17.8. The van der Waals surface area contributed by atoms with Gasteiger partial charge in [-0.2, -0.15) is 11.3 Å². The van der Waals surface area contributed by atoms with Gasteiger partial charge in [0.25, 0.3) is 11.8 Å². The highest BCUT2D eigenvalue weighted by Crippen LogP contribution is 2.32. The normalized spacial score (nSPS) is 20.5. The Hall–Kier alpha value is -3.39. The van der Waals surface area contributed by atoms with Crippen molar-refractivity contribution >= 4 is 34.7 Å². The standard InChI is InChI=1S/C23H22N4O3S/c1-26-8-2-3-19(26)21(28)24-16-6-9-27-20(12-16)22(29)25-18-5-4-14(11-17(18)23(27)30)15-7-10-31-13-15/h2-5,7-8,10-11,13,16,20H,6,9,12H2,1H3,(H,24,28)(H,25,29). The fraction of sp³-hybridized carbons (Fsp3) is 0.261. The van der Waals surface area contributed by atoms with Crippen molar-refractivity contribution in [1.29, 1.82) is 0 Å². The summed E-state index contributed by atoms with van der Waals surface area (Å²) in [6, 6.07) is 10.4. The van der Waals surface area contributed by atoms with Gasteiger partial charge in [-0.3, -0.25) is 14.4 Å². The number of hydrogen-bond donors (Lipinski definition) is 2. The summed E-state index contributed by atoms with van der Waals surface area (Å²) < 4.78 is 1.76. The Morgan fingerprint density at radius 1 is 1.19 bits per heavy atom. The van der Waals surface area contributed by atoms with Crippen LogP contribution < -0.4 is 10.6 Å². The molecule has 2 atom stereocenters. The van der Waals surface area contributed by atoms with Gasteiger partial charge < -0.3 is 20.1 Å². The van der Waals surface area contributed by atoms with E-state index >= 15 is 0 Å². The number of benzene rings is 1. The van der Waals surface area contributed by atoms with Gasteiger partial charge in [-0.1, -0.05) is 6.07 Å². The minimum absolute atomic E-state index is 0.150. The van der Waals surface area contributed by atoms with Crippen molar-refractivity contribution < 1.29 is 14.4 Å². The molecule has 0 spiro atoms. The number of carbonyl (C=O) groups is 3. The van der Waals surface area contributed by atoms with Gasteiger partial charge in [0.2, 0.25) is 5.91 Å². The maximum atomic E-state index is 13.3. The van der Waals surface area contributed by atoms with E-state index in [-0.39, 0.29) is 23.8 Å². The molecule has 2 aromatic heterocycles. The molecule has 0 aliphatic carbocycles. The Morgan fingerprint density at radius 2 is 2.06 bits per heavy atom. The Balaban J connectivity index is 1.37. The zero-order chi connectivity index (χ0) is 21.5. The second kappa shape index (κ2) is 7.70. The fourth-order valence-corrected chi connectivity index (χ4v) is 5.02. The van der Waals surface area contributed by atoms with Crippen LogP contribution >= 0.6 is 11.3 Å². The van der Waals surface area contributed by atoms with E-state index in [1.54, 1.807) is 32.9 Å². The van der Waals surface area contributed by atoms with Gasteiger partial charge in [0.05, 0.1) is 11.3 Å². The summed E-state index contributed by atoms with van der Waals surface area (Å²) in [5.74, 6) is -0.536. The van der Waals surface area contributed by atoms with Crippen LogP contribution in [0.15, 0.2) is 53.4 Å². The van der Waals surface area contributed by atoms with Crippen LogP contribution in [0.1, 0.15) is 33.7 Å². The molecule has 7 nitrogen and oxygen atoms in total. The van der Waals surface area contributed by atoms with Crippen molar-refractivity contribution in [2.75, 3.05) is 11.9 Å². The lowest BCUT2D eigenvalue weighted by molar-refractivity contribution is -0.121. The molecule has 8 heteroatoms. The first kappa shape index (κ1) is 19.6. The van der Waals surface area contributed by atoms with E-state index < -0.39 is 6.04 Å². The first-order chi connectivity index (χ1) is 15.0. The van der Waals surface area contributed by atoms with E-state index in [9.17, 15) is 14.4 Å². The molecule has 0 saturated carbocycles. The fourth-order valence-electron chi connectivity index (χ4n) is 4.35. The number of nitrogens with one attached hydrogen (secondary N) is 2. The van der Waals surface area contributed by atoms with Crippen LogP contribution in [-0.4, -0.2) is 45.8 Å². The van der Waals surface area contributed by atoms with Gasteiger partial charge in [-0.25, -0.2) is 0 Å². The Kier molecular flexibility index (Phi) is 4.86. The lowest BCUT2D eigenvalue weighted by Gasteiger charge is -2.37. The van der Waals surface area contributed by atoms with Gasteiger partial charge in [0.1, 0.15) is 11.7 Å². The van der Waals surface area contributed by atoms with Crippen LogP contribution in [-0.2, 0) is 11.8 Å². The molecule has 31 heavy (non-hydrogen) atoms. The molecule has 158 valence electrons. The van der Waals surface area contributed by atoms with E-state index in [1.807, 2.05) is 48.3 Å². The summed E-state index contributed by atoms with van der Waals surface area (Å²) in [6.07, 6.45) is 2.81. The van der Waals surface area contributed by atoms with Gasteiger partial charge in [-0.15, -0.1) is 0 Å². The minimum atomic E-state index is -0.614. The molecule has 2 aliphatic rings. The molecule has 1 fully saturated rings. The maximum absolute atomic E-state index is 13.3. The van der Waals surface area contributed by atoms with Crippen LogP contribution in [0.4, 0.5) is 5.69 Å². The average Bonchev–Trinajstić information content (AvgIpc) is 3.43. The van der Waals surface area contributed by atoms with Crippen LogP contribution in [0, 0.1) is 0 Å². The molecular weight excluding hydrogens is 412 g/mol. The SMILES string of the molecule is Cn1cccc1C(=O)NC1CCN2C(=O)c3cc(-c4ccsc4)ccc3NC(=O)C2C1. The molecular formula is C23H22N4O3S. The Labute approximate surface area is 183 Å². The van der Waals surface area contributed by atoms with Gasteiger partial charge in [0, 0.05) is 25.8 Å². The lowest BCUT2D eigenvalue weighted by Crippen LogP contribution is -2.55. The molecule has 3 amide bonds. The first-order valence-corrected chi connectivity index (χ1v) is 11.2. The number of aromatic nitrogens is 1. The number of carbonyl (C=O) groups excluding carboxylic acids is 3. The summed E-state index contributed by atoms with van der Waals surface area (Å²) in [4.78, 5) is 40.5. The summed E-state index contributed by atoms with van der Waals surface area (Å²) in [7, 11) is 1.82. The molecule has 1 aromatic carbocycles. The average molecular weight is 435 g/mol. The highest BCUT2D eigenvalue weighted by atomic mass is 32.1. The highest BCUT2D eigenvalue weighted by Gasteiger charge is 2.40. The number of nitrogens with zero attached hydrogens (tertiary/aromatic N) is 2. The number of fused-ring (bicyclic) bond motifs is 2. The number of aryl methyl sites for hydroxylation is 1. The molecule has 3 aromatic rings. The van der Waals surface area contributed by atoms with Crippen molar-refractivity contribution in [3.05, 3.63) is 64.6 Å². The number of thiophene rings is 1. The molecule has 5 rings (SSSR count). The van der Waals surface area contributed by atoms with Crippen molar-refractivity contribution in [2.45, 2.75) is 24.9 Å². The second-order valence-electron chi connectivity index (χ2n) is 7.98. The first-order valence-electron chi connectivity index (χ1n) is 10.2. The third-order valence-electron chi connectivity index (χ3n) is 6.04. The third-order valence-corrected chi connectivity index (χ3v) is 6.72. The lowest BCUT2D eigenvalue weighted by atomic mass is 9.95. The van der Waals surface area contributed by atoms with E-state index in [0.29, 0.717) is 36.3 Å². The van der Waals surface area contributed by atoms with Crippen LogP contribution in [0.5, 0.6) is 0 Å². The summed E-state index contributed by atoms with van der Waals surface area (Å²) >= 11 is 1.60. The molecule has 0 radical (unpaired) electrons. The predicted octanol–water partition coefficient (Wildman–Crippen LogP) is 3.11. The molecule has 4 heterocycles. The second-order valence-corrected chi connectivity index (χ2v) is 8.76. The largest absolute Gasteiger partial charge is 0.348 e. The molecule has 2 N–H and O–H groups in total. The van der Waals surface area contributed by atoms with Gasteiger partial charge in [-0.05, 0) is 65.1 Å². The van der Waals surface area contributed by atoms with Crippen LogP contribution in [0.25, 0.3) is 11.1 Å². The third kappa shape index (κ3) is 3.53. The highest BCUT2D eigenvalue weighted by molar-refractivity contribution is 7.08. The molecule has 1 saturated heterocycles. The van der Waals surface area contributed by atoms with Crippen molar-refractivity contribution in [3.63, 3.8) is 0 Å². The van der Waals surface area contributed by atoms with Crippen molar-refractivity contribution in [3.8, 4) is 11.1 Å². The van der Waals surface area contributed by atoms with Gasteiger partial charge >= 0.3 is 0 Å². The number of rotatable bonds is 3. The smallest absolute Gasteiger partial charge is 0.268 e. The summed E-state index contributed by atoms with van der Waals surface area (Å²) in [5, 5.41) is 9.97.